The van der Waals surface area contributed by atoms with Crippen molar-refractivity contribution in [1.29, 1.82) is 0 Å². The van der Waals surface area contributed by atoms with Crippen LogP contribution in [0.4, 0.5) is 8.78 Å². The molecule has 1 saturated carbocycles. The van der Waals surface area contributed by atoms with Crippen LogP contribution >= 0.6 is 0 Å². The normalized spacial score (nSPS) is 21.3. The highest BCUT2D eigenvalue weighted by molar-refractivity contribution is 5.93. The summed E-state index contributed by atoms with van der Waals surface area (Å²) in [6.45, 7) is 2.54. The van der Waals surface area contributed by atoms with Crippen LogP contribution in [0.1, 0.15) is 79.1 Å². The van der Waals surface area contributed by atoms with Crippen molar-refractivity contribution >= 4 is 17.5 Å². The minimum Gasteiger partial charge on any atom is -0.356 e. The van der Waals surface area contributed by atoms with Crippen molar-refractivity contribution in [1.82, 2.24) is 35.5 Å². The van der Waals surface area contributed by atoms with Crippen LogP contribution in [0.2, 0.25) is 0 Å². The van der Waals surface area contributed by atoms with Crippen LogP contribution in [-0.2, 0) is 17.6 Å². The van der Waals surface area contributed by atoms with E-state index >= 15 is 0 Å². The van der Waals surface area contributed by atoms with Crippen molar-refractivity contribution in [2.24, 2.45) is 11.8 Å². The predicted octanol–water partition coefficient (Wildman–Crippen LogP) is 3.04. The number of rotatable bonds is 7. The summed E-state index contributed by atoms with van der Waals surface area (Å²) in [5, 5.41) is 18.0. The van der Waals surface area contributed by atoms with Crippen molar-refractivity contribution in [2.75, 3.05) is 6.54 Å². The number of alkyl halides is 2. The second kappa shape index (κ2) is 9.90. The Labute approximate surface area is 206 Å². The molecule has 2 atom stereocenters. The first-order chi connectivity index (χ1) is 17.3. The molecule has 0 bridgehead atoms. The molecular weight excluding hydrogens is 472 g/mol. The molecule has 2 aliphatic rings. The summed E-state index contributed by atoms with van der Waals surface area (Å²) in [7, 11) is 0. The van der Waals surface area contributed by atoms with Gasteiger partial charge in [0.1, 0.15) is 5.69 Å². The molecule has 1 aliphatic carbocycles. The highest BCUT2D eigenvalue weighted by Gasteiger charge is 2.39. The predicted molar refractivity (Wildman–Crippen MR) is 123 cm³/mol. The minimum atomic E-state index is -2.70. The number of aryl methyl sites for hydroxylation is 1. The Morgan fingerprint density at radius 3 is 2.83 bits per heavy atom. The van der Waals surface area contributed by atoms with E-state index in [0.717, 1.165) is 18.5 Å². The van der Waals surface area contributed by atoms with Gasteiger partial charge in [0.05, 0.1) is 23.6 Å². The van der Waals surface area contributed by atoms with Crippen LogP contribution in [0.15, 0.2) is 23.0 Å². The highest BCUT2D eigenvalue weighted by Crippen LogP contribution is 2.41. The molecule has 2 fully saturated rings. The summed E-state index contributed by atoms with van der Waals surface area (Å²) in [6.07, 6.45) is 4.48. The summed E-state index contributed by atoms with van der Waals surface area (Å²) in [5.74, 6) is -3.48. The van der Waals surface area contributed by atoms with Crippen LogP contribution in [0.25, 0.3) is 5.65 Å². The lowest BCUT2D eigenvalue weighted by molar-refractivity contribution is -0.126. The van der Waals surface area contributed by atoms with E-state index in [1.54, 1.807) is 10.7 Å². The zero-order chi connectivity index (χ0) is 25.3. The van der Waals surface area contributed by atoms with Gasteiger partial charge >= 0.3 is 0 Å². The third kappa shape index (κ3) is 5.07. The third-order valence-corrected chi connectivity index (χ3v) is 7.19. The van der Waals surface area contributed by atoms with Gasteiger partial charge in [0.15, 0.2) is 11.3 Å². The van der Waals surface area contributed by atoms with Crippen LogP contribution in [0, 0.1) is 11.8 Å². The summed E-state index contributed by atoms with van der Waals surface area (Å²) >= 11 is 0. The molecule has 1 saturated heterocycles. The van der Waals surface area contributed by atoms with E-state index in [1.165, 1.54) is 0 Å². The Morgan fingerprint density at radius 2 is 2.08 bits per heavy atom. The van der Waals surface area contributed by atoms with E-state index in [-0.39, 0.29) is 49.1 Å². The number of halogens is 2. The average molecular weight is 502 g/mol. The summed E-state index contributed by atoms with van der Waals surface area (Å²) in [4.78, 5) is 29.9. The monoisotopic (exact) mass is 501 g/mol. The Kier molecular flexibility index (Phi) is 6.67. The van der Waals surface area contributed by atoms with E-state index in [1.807, 2.05) is 19.1 Å². The van der Waals surface area contributed by atoms with Gasteiger partial charge in [-0.3, -0.25) is 9.59 Å². The number of nitrogens with one attached hydrogen (secondary N) is 2. The fraction of sp³-hybridized carbons (Fsp3) is 0.583. The van der Waals surface area contributed by atoms with E-state index in [2.05, 4.69) is 31.0 Å². The average Bonchev–Trinajstić information content (AvgIpc) is 3.51. The quantitative estimate of drug-likeness (QED) is 0.509. The molecule has 2 N–H and O–H groups in total. The Bertz CT molecular complexity index is 1250. The van der Waals surface area contributed by atoms with Gasteiger partial charge in [-0.1, -0.05) is 12.1 Å². The minimum absolute atomic E-state index is 0.0418. The van der Waals surface area contributed by atoms with E-state index in [4.69, 9.17) is 4.63 Å². The third-order valence-electron chi connectivity index (χ3n) is 7.19. The number of imidazole rings is 1. The molecule has 12 heteroatoms. The number of amides is 2. The number of piperidine rings is 1. The number of hydrogen-bond acceptors (Lipinski definition) is 7. The standard InChI is InChI=1S/C24H29F2N7O3/c1-2-17-21(32-36-31-17)23(35)29-20(14-7-9-24(25,26)10-8-14)18-13-33-19(28-18)6-5-16(30-33)12-15-4-3-11-27-22(15)34/h5-6,13-15,20H,2-4,7-12H2,1H3,(H,27,34)(H,29,35)/t15-,20+/m1/s1. The Balaban J connectivity index is 1.41. The lowest BCUT2D eigenvalue weighted by atomic mass is 9.81. The van der Waals surface area contributed by atoms with E-state index < -0.39 is 17.9 Å². The number of carbonyl (C=O) groups excluding carboxylic acids is 2. The Morgan fingerprint density at radius 1 is 1.28 bits per heavy atom. The summed E-state index contributed by atoms with van der Waals surface area (Å²) < 4.78 is 34.1. The van der Waals surface area contributed by atoms with Gasteiger partial charge < -0.3 is 10.6 Å². The van der Waals surface area contributed by atoms with E-state index in [0.29, 0.717) is 36.4 Å². The Hall–Kier alpha value is -3.44. The second-order valence-electron chi connectivity index (χ2n) is 9.69. The molecule has 2 amide bonds. The SMILES string of the molecule is CCc1nonc1C(=O)N[C@H](c1cn2nc(C[C@H]3CCCNC3=O)ccc2n1)C1CCC(F)(F)CC1. The molecule has 3 aromatic rings. The van der Waals surface area contributed by atoms with Gasteiger partial charge in [0, 0.05) is 31.7 Å². The highest BCUT2D eigenvalue weighted by atomic mass is 19.3. The molecular formula is C24H29F2N7O3. The van der Waals surface area contributed by atoms with Crippen LogP contribution in [-0.4, -0.2) is 49.2 Å². The number of hydrogen-bond donors (Lipinski definition) is 2. The molecule has 3 aromatic heterocycles. The molecule has 4 heterocycles. The second-order valence-corrected chi connectivity index (χ2v) is 9.69. The van der Waals surface area contributed by atoms with E-state index in [9.17, 15) is 18.4 Å². The van der Waals surface area contributed by atoms with Gasteiger partial charge in [-0.05, 0) is 55.3 Å². The molecule has 5 rings (SSSR count). The number of nitrogens with zero attached hydrogens (tertiary/aromatic N) is 5. The summed E-state index contributed by atoms with van der Waals surface area (Å²) in [6, 6.07) is 3.05. The molecule has 0 radical (unpaired) electrons. The van der Waals surface area contributed by atoms with Crippen molar-refractivity contribution < 1.29 is 23.0 Å². The molecule has 1 aliphatic heterocycles. The van der Waals surface area contributed by atoms with Gasteiger partial charge in [0.2, 0.25) is 11.8 Å². The molecule has 0 aromatic carbocycles. The number of aromatic nitrogens is 5. The zero-order valence-corrected chi connectivity index (χ0v) is 20.0. The fourth-order valence-electron chi connectivity index (χ4n) is 5.13. The zero-order valence-electron chi connectivity index (χ0n) is 20.0. The van der Waals surface area contributed by atoms with Crippen molar-refractivity contribution in [3.8, 4) is 0 Å². The lowest BCUT2D eigenvalue weighted by Crippen LogP contribution is -2.37. The molecule has 0 spiro atoms. The molecule has 192 valence electrons. The van der Waals surface area contributed by atoms with Gasteiger partial charge in [-0.2, -0.15) is 5.10 Å². The van der Waals surface area contributed by atoms with Crippen molar-refractivity contribution in [3.05, 3.63) is 41.1 Å². The smallest absolute Gasteiger partial charge is 0.276 e. The lowest BCUT2D eigenvalue weighted by Gasteiger charge is -2.33. The largest absolute Gasteiger partial charge is 0.356 e. The van der Waals surface area contributed by atoms with Crippen molar-refractivity contribution in [2.45, 2.75) is 70.3 Å². The maximum Gasteiger partial charge on any atom is 0.276 e. The first-order valence-corrected chi connectivity index (χ1v) is 12.5. The molecule has 36 heavy (non-hydrogen) atoms. The first kappa shape index (κ1) is 24.3. The maximum absolute atomic E-state index is 13.9. The first-order valence-electron chi connectivity index (χ1n) is 12.5. The topological polar surface area (TPSA) is 127 Å². The number of fused-ring (bicyclic) bond motifs is 1. The fourth-order valence-corrected chi connectivity index (χ4v) is 5.13. The van der Waals surface area contributed by atoms with Gasteiger partial charge in [-0.25, -0.2) is 22.9 Å². The molecule has 0 unspecified atom stereocenters. The van der Waals surface area contributed by atoms with Crippen LogP contribution in [0.5, 0.6) is 0 Å². The van der Waals surface area contributed by atoms with Gasteiger partial charge in [-0.15, -0.1) is 0 Å². The maximum atomic E-state index is 13.9. The summed E-state index contributed by atoms with van der Waals surface area (Å²) in [5.41, 5.74) is 2.37. The van der Waals surface area contributed by atoms with Crippen LogP contribution < -0.4 is 10.6 Å². The number of carbonyl (C=O) groups is 2. The van der Waals surface area contributed by atoms with Crippen LogP contribution in [0.3, 0.4) is 0 Å². The molecule has 10 nitrogen and oxygen atoms in total. The van der Waals surface area contributed by atoms with Gasteiger partial charge in [0.25, 0.3) is 5.91 Å². The van der Waals surface area contributed by atoms with Crippen molar-refractivity contribution in [3.63, 3.8) is 0 Å².